The van der Waals surface area contributed by atoms with Crippen molar-refractivity contribution >= 4 is 17.3 Å². The number of ether oxygens (including phenoxy) is 1. The maximum atomic E-state index is 13.2. The molecule has 4 N–H and O–H groups in total. The van der Waals surface area contributed by atoms with E-state index in [1.807, 2.05) is 0 Å². The molecule has 0 saturated carbocycles. The smallest absolute Gasteiger partial charge is 0.417 e. The van der Waals surface area contributed by atoms with Crippen molar-refractivity contribution in [1.82, 2.24) is 15.2 Å². The zero-order valence-electron chi connectivity index (χ0n) is 14.2. The summed E-state index contributed by atoms with van der Waals surface area (Å²) in [7, 11) is 0. The zero-order valence-corrected chi connectivity index (χ0v) is 14.2. The number of carbonyl (C=O) groups excluding carboxylic acids is 1. The van der Waals surface area contributed by atoms with E-state index in [1.165, 1.54) is 0 Å². The fraction of sp³-hybridized carbons (Fsp3) is 0.0588. The van der Waals surface area contributed by atoms with E-state index in [0.717, 1.165) is 30.5 Å². The monoisotopic (exact) mass is 409 g/mol. The second kappa shape index (κ2) is 7.58. The summed E-state index contributed by atoms with van der Waals surface area (Å²) in [4.78, 5) is 27.3. The van der Waals surface area contributed by atoms with Crippen LogP contribution in [0.4, 0.5) is 28.9 Å². The zero-order chi connectivity index (χ0) is 21.2. The fourth-order valence-electron chi connectivity index (χ4n) is 2.21. The number of nitrogen functional groups attached to an aromatic ring is 1. The van der Waals surface area contributed by atoms with Crippen molar-refractivity contribution < 1.29 is 27.1 Å². The topological polar surface area (TPSA) is 123 Å². The van der Waals surface area contributed by atoms with Gasteiger partial charge >= 0.3 is 6.18 Å². The molecule has 0 aliphatic carbocycles. The first kappa shape index (κ1) is 19.8. The number of nitrogens with two attached hydrogens (primary N) is 1. The standard InChI is InChI=1S/C17H11F4N5O3/c18-9-1-2-13(12(22)4-9)29-16-11(3-8(6-23-16)17(19,20)21)15(28)25-10-5-14(27)26-24-7-10/h1-7H,22H2,(H2,25,26,27,28). The highest BCUT2D eigenvalue weighted by Crippen LogP contribution is 2.34. The van der Waals surface area contributed by atoms with E-state index in [4.69, 9.17) is 10.5 Å². The maximum Gasteiger partial charge on any atom is 0.417 e. The van der Waals surface area contributed by atoms with Gasteiger partial charge in [0, 0.05) is 18.3 Å². The summed E-state index contributed by atoms with van der Waals surface area (Å²) < 4.78 is 57.7. The largest absolute Gasteiger partial charge is 0.436 e. The molecule has 0 unspecified atom stereocenters. The summed E-state index contributed by atoms with van der Waals surface area (Å²) in [6.45, 7) is 0. The minimum atomic E-state index is -4.78. The van der Waals surface area contributed by atoms with Crippen LogP contribution in [0.5, 0.6) is 11.6 Å². The first-order chi connectivity index (χ1) is 13.6. The Morgan fingerprint density at radius 1 is 1.17 bits per heavy atom. The van der Waals surface area contributed by atoms with Crippen LogP contribution in [0, 0.1) is 5.82 Å². The molecular weight excluding hydrogens is 398 g/mol. The lowest BCUT2D eigenvalue weighted by Crippen LogP contribution is -2.18. The average molecular weight is 409 g/mol. The first-order valence-corrected chi connectivity index (χ1v) is 7.79. The summed E-state index contributed by atoms with van der Waals surface area (Å²) in [6.07, 6.45) is -3.22. The van der Waals surface area contributed by atoms with Crippen LogP contribution in [0.25, 0.3) is 0 Å². The first-order valence-electron chi connectivity index (χ1n) is 7.79. The van der Waals surface area contributed by atoms with Gasteiger partial charge in [-0.3, -0.25) is 9.59 Å². The molecular formula is C17H11F4N5O3. The maximum absolute atomic E-state index is 13.2. The van der Waals surface area contributed by atoms with Gasteiger partial charge < -0.3 is 15.8 Å². The molecule has 1 aromatic carbocycles. The molecule has 0 atom stereocenters. The van der Waals surface area contributed by atoms with Crippen LogP contribution >= 0.6 is 0 Å². The van der Waals surface area contributed by atoms with Gasteiger partial charge in [0.25, 0.3) is 11.5 Å². The number of amides is 1. The van der Waals surface area contributed by atoms with Gasteiger partial charge in [0.15, 0.2) is 5.75 Å². The van der Waals surface area contributed by atoms with Crippen LogP contribution in [0.1, 0.15) is 15.9 Å². The van der Waals surface area contributed by atoms with Crippen molar-refractivity contribution in [3.05, 3.63) is 70.0 Å². The van der Waals surface area contributed by atoms with Gasteiger partial charge in [0.2, 0.25) is 5.88 Å². The second-order valence-corrected chi connectivity index (χ2v) is 5.65. The molecule has 2 heterocycles. The van der Waals surface area contributed by atoms with Gasteiger partial charge in [-0.2, -0.15) is 18.3 Å². The summed E-state index contributed by atoms with van der Waals surface area (Å²) >= 11 is 0. The number of aromatic amines is 1. The van der Waals surface area contributed by atoms with Crippen LogP contribution in [0.3, 0.4) is 0 Å². The van der Waals surface area contributed by atoms with E-state index < -0.39 is 40.5 Å². The normalized spacial score (nSPS) is 11.2. The number of aromatic nitrogens is 3. The Balaban J connectivity index is 2.01. The molecule has 0 aliphatic rings. The van der Waals surface area contributed by atoms with E-state index >= 15 is 0 Å². The van der Waals surface area contributed by atoms with Crippen LogP contribution in [-0.4, -0.2) is 21.1 Å². The summed E-state index contributed by atoms with van der Waals surface area (Å²) in [5.74, 6) is -2.33. The molecule has 3 aromatic rings. The van der Waals surface area contributed by atoms with Gasteiger partial charge in [-0.1, -0.05) is 0 Å². The fourth-order valence-corrected chi connectivity index (χ4v) is 2.21. The Labute approximate surface area is 159 Å². The highest BCUT2D eigenvalue weighted by molar-refractivity contribution is 6.05. The second-order valence-electron chi connectivity index (χ2n) is 5.65. The number of pyridine rings is 1. The van der Waals surface area contributed by atoms with Crippen molar-refractivity contribution in [1.29, 1.82) is 0 Å². The third-order valence-corrected chi connectivity index (χ3v) is 3.52. The number of H-pyrrole nitrogens is 1. The number of hydrogen-bond acceptors (Lipinski definition) is 6. The molecule has 0 bridgehead atoms. The lowest BCUT2D eigenvalue weighted by molar-refractivity contribution is -0.137. The van der Waals surface area contributed by atoms with Gasteiger partial charge in [0.1, 0.15) is 11.4 Å². The van der Waals surface area contributed by atoms with Crippen molar-refractivity contribution in [2.24, 2.45) is 0 Å². The van der Waals surface area contributed by atoms with Crippen LogP contribution in [0.15, 0.2) is 47.5 Å². The molecule has 3 rings (SSSR count). The number of alkyl halides is 3. The molecule has 0 fully saturated rings. The molecule has 8 nitrogen and oxygen atoms in total. The predicted octanol–water partition coefficient (Wildman–Crippen LogP) is 2.95. The van der Waals surface area contributed by atoms with Gasteiger partial charge in [0.05, 0.1) is 23.1 Å². The third kappa shape index (κ3) is 4.66. The Morgan fingerprint density at radius 3 is 2.59 bits per heavy atom. The SMILES string of the molecule is Nc1cc(F)ccc1Oc1ncc(C(F)(F)F)cc1C(=O)Nc1cn[nH]c(=O)c1. The van der Waals surface area contributed by atoms with E-state index in [2.05, 4.69) is 20.5 Å². The van der Waals surface area contributed by atoms with Gasteiger partial charge in [-0.25, -0.2) is 14.5 Å². The number of hydrogen-bond donors (Lipinski definition) is 3. The van der Waals surface area contributed by atoms with Crippen molar-refractivity contribution in [2.75, 3.05) is 11.1 Å². The highest BCUT2D eigenvalue weighted by Gasteiger charge is 2.33. The van der Waals surface area contributed by atoms with Crippen molar-refractivity contribution in [3.8, 4) is 11.6 Å². The van der Waals surface area contributed by atoms with E-state index in [0.29, 0.717) is 12.3 Å². The molecule has 0 aliphatic heterocycles. The number of carbonyl (C=O) groups is 1. The van der Waals surface area contributed by atoms with Gasteiger partial charge in [-0.05, 0) is 18.2 Å². The van der Waals surface area contributed by atoms with E-state index in [1.54, 1.807) is 0 Å². The van der Waals surface area contributed by atoms with E-state index in [-0.39, 0.29) is 17.1 Å². The summed E-state index contributed by atoms with van der Waals surface area (Å²) in [5.41, 5.74) is 2.96. The quantitative estimate of drug-likeness (QED) is 0.450. The van der Waals surface area contributed by atoms with Crippen molar-refractivity contribution in [3.63, 3.8) is 0 Å². The molecule has 2 aromatic heterocycles. The molecule has 0 radical (unpaired) electrons. The third-order valence-electron chi connectivity index (χ3n) is 3.52. The van der Waals surface area contributed by atoms with Crippen LogP contribution < -0.4 is 21.3 Å². The summed E-state index contributed by atoms with van der Waals surface area (Å²) in [5, 5.41) is 7.78. The molecule has 29 heavy (non-hydrogen) atoms. The predicted molar refractivity (Wildman–Crippen MR) is 92.9 cm³/mol. The van der Waals surface area contributed by atoms with Crippen molar-refractivity contribution in [2.45, 2.75) is 6.18 Å². The Bertz CT molecular complexity index is 1130. The Kier molecular flexibility index (Phi) is 5.17. The molecule has 1 amide bonds. The minimum Gasteiger partial charge on any atom is -0.436 e. The summed E-state index contributed by atoms with van der Waals surface area (Å²) in [6, 6.07) is 4.58. The highest BCUT2D eigenvalue weighted by atomic mass is 19.4. The van der Waals surface area contributed by atoms with Crippen LogP contribution in [0.2, 0.25) is 0 Å². The van der Waals surface area contributed by atoms with Gasteiger partial charge in [-0.15, -0.1) is 0 Å². The lowest BCUT2D eigenvalue weighted by atomic mass is 10.1. The average Bonchev–Trinajstić information content (AvgIpc) is 2.63. The number of nitrogens with zero attached hydrogens (tertiary/aromatic N) is 2. The van der Waals surface area contributed by atoms with E-state index in [9.17, 15) is 27.2 Å². The minimum absolute atomic E-state index is 0.0663. The Morgan fingerprint density at radius 2 is 1.93 bits per heavy atom. The molecule has 0 saturated heterocycles. The molecule has 150 valence electrons. The number of halogens is 4. The molecule has 0 spiro atoms. The number of nitrogens with one attached hydrogen (secondary N) is 2. The number of rotatable bonds is 4. The lowest BCUT2D eigenvalue weighted by Gasteiger charge is -2.14. The molecule has 12 heteroatoms. The number of anilines is 2. The number of benzene rings is 1. The van der Waals surface area contributed by atoms with Crippen LogP contribution in [-0.2, 0) is 6.18 Å². The Hall–Kier alpha value is -3.96.